The minimum Gasteiger partial charge on any atom is -0.334 e. The Labute approximate surface area is 160 Å². The Morgan fingerprint density at radius 3 is 2.46 bits per heavy atom. The van der Waals surface area contributed by atoms with Gasteiger partial charge in [0.2, 0.25) is 0 Å². The number of benzene rings is 1. The Morgan fingerprint density at radius 1 is 1.15 bits per heavy atom. The first kappa shape index (κ1) is 20.1. The zero-order valence-electron chi connectivity index (χ0n) is 15.9. The van der Waals surface area contributed by atoms with Gasteiger partial charge in [0.15, 0.2) is 5.82 Å². The average Bonchev–Trinajstić information content (AvgIpc) is 3.22. The maximum absolute atomic E-state index is 5.51. The van der Waals surface area contributed by atoms with E-state index >= 15 is 0 Å². The molecule has 0 spiro atoms. The third-order valence-electron chi connectivity index (χ3n) is 4.31. The van der Waals surface area contributed by atoms with Gasteiger partial charge in [0.1, 0.15) is 0 Å². The summed E-state index contributed by atoms with van der Waals surface area (Å²) in [7, 11) is 1.92. The summed E-state index contributed by atoms with van der Waals surface area (Å²) in [6, 6.07) is 8.62. The minimum absolute atomic E-state index is 0. The molecule has 2 aromatic heterocycles. The molecule has 1 aromatic carbocycles. The second kappa shape index (κ2) is 8.47. The summed E-state index contributed by atoms with van der Waals surface area (Å²) < 4.78 is 7.47. The normalized spacial score (nSPS) is 12.2. The Hall–Kier alpha value is -2.18. The SMILES string of the molecule is CNC(C)Cc1noc(-c2cnn(-c3ccc(C)cc3)c2C(C)C)n1.Cl. The van der Waals surface area contributed by atoms with Crippen LogP contribution in [-0.2, 0) is 6.42 Å². The molecule has 0 bridgehead atoms. The summed E-state index contributed by atoms with van der Waals surface area (Å²) >= 11 is 0. The van der Waals surface area contributed by atoms with Gasteiger partial charge in [-0.2, -0.15) is 10.1 Å². The van der Waals surface area contributed by atoms with Crippen LogP contribution in [0.1, 0.15) is 43.8 Å². The summed E-state index contributed by atoms with van der Waals surface area (Å²) in [5.74, 6) is 1.50. The molecule has 0 aliphatic heterocycles. The number of aromatic nitrogens is 4. The topological polar surface area (TPSA) is 68.8 Å². The lowest BCUT2D eigenvalue weighted by Gasteiger charge is -2.11. The number of hydrogen-bond acceptors (Lipinski definition) is 5. The predicted molar refractivity (Wildman–Crippen MR) is 105 cm³/mol. The van der Waals surface area contributed by atoms with Crippen LogP contribution in [-0.4, -0.2) is 33.0 Å². The summed E-state index contributed by atoms with van der Waals surface area (Å²) in [5, 5.41) is 11.9. The number of hydrogen-bond donors (Lipinski definition) is 1. The van der Waals surface area contributed by atoms with Gasteiger partial charge in [0.05, 0.1) is 23.1 Å². The first-order chi connectivity index (χ1) is 12.0. The van der Waals surface area contributed by atoms with Gasteiger partial charge in [-0.05, 0) is 38.9 Å². The molecule has 0 fully saturated rings. The standard InChI is InChI=1S/C19H25N5O.ClH/c1-12(2)18-16(19-22-17(23-25-19)10-14(4)20-5)11-21-24(18)15-8-6-13(3)7-9-15;/h6-9,11-12,14,20H,10H2,1-5H3;1H. The van der Waals surface area contributed by atoms with Crippen molar-refractivity contribution in [1.82, 2.24) is 25.2 Å². The lowest BCUT2D eigenvalue weighted by molar-refractivity contribution is 0.417. The molecule has 0 aliphatic rings. The highest BCUT2D eigenvalue weighted by Gasteiger charge is 2.21. The molecule has 3 rings (SSSR count). The second-order valence-electron chi connectivity index (χ2n) is 6.76. The van der Waals surface area contributed by atoms with Crippen LogP contribution in [0.15, 0.2) is 35.0 Å². The Morgan fingerprint density at radius 2 is 1.85 bits per heavy atom. The summed E-state index contributed by atoms with van der Waals surface area (Å²) in [5.41, 5.74) is 4.22. The van der Waals surface area contributed by atoms with Crippen molar-refractivity contribution in [3.05, 3.63) is 47.5 Å². The largest absolute Gasteiger partial charge is 0.334 e. The summed E-state index contributed by atoms with van der Waals surface area (Å²) in [6.07, 6.45) is 2.54. The van der Waals surface area contributed by atoms with E-state index in [1.807, 2.05) is 17.9 Å². The Kier molecular flexibility index (Phi) is 6.56. The van der Waals surface area contributed by atoms with E-state index in [-0.39, 0.29) is 18.3 Å². The van der Waals surface area contributed by atoms with Crippen molar-refractivity contribution in [2.45, 2.75) is 46.1 Å². The number of nitrogens with zero attached hydrogens (tertiary/aromatic N) is 4. The van der Waals surface area contributed by atoms with Crippen molar-refractivity contribution < 1.29 is 4.52 Å². The fraction of sp³-hybridized carbons (Fsp3) is 0.421. The van der Waals surface area contributed by atoms with Crippen LogP contribution in [0.25, 0.3) is 17.1 Å². The number of nitrogens with one attached hydrogen (secondary N) is 1. The van der Waals surface area contributed by atoms with Gasteiger partial charge in [0.25, 0.3) is 5.89 Å². The van der Waals surface area contributed by atoms with Gasteiger partial charge in [0, 0.05) is 12.5 Å². The quantitative estimate of drug-likeness (QED) is 0.707. The number of aryl methyl sites for hydroxylation is 1. The van der Waals surface area contributed by atoms with Gasteiger partial charge in [-0.1, -0.05) is 36.7 Å². The molecule has 6 nitrogen and oxygen atoms in total. The summed E-state index contributed by atoms with van der Waals surface area (Å²) in [4.78, 5) is 4.56. The fourth-order valence-electron chi connectivity index (χ4n) is 2.79. The zero-order valence-corrected chi connectivity index (χ0v) is 16.7. The van der Waals surface area contributed by atoms with E-state index in [9.17, 15) is 0 Å². The van der Waals surface area contributed by atoms with Crippen LogP contribution in [0.3, 0.4) is 0 Å². The number of halogens is 1. The van der Waals surface area contributed by atoms with Crippen LogP contribution in [0.5, 0.6) is 0 Å². The number of rotatable bonds is 6. The minimum atomic E-state index is 0. The van der Waals surface area contributed by atoms with E-state index in [1.165, 1.54) is 5.56 Å². The van der Waals surface area contributed by atoms with E-state index in [2.05, 4.69) is 72.5 Å². The highest BCUT2D eigenvalue weighted by Crippen LogP contribution is 2.30. The predicted octanol–water partition coefficient (Wildman–Crippen LogP) is 3.93. The van der Waals surface area contributed by atoms with Crippen LogP contribution in [0.4, 0.5) is 0 Å². The van der Waals surface area contributed by atoms with Crippen molar-refractivity contribution in [2.24, 2.45) is 0 Å². The molecular weight excluding hydrogens is 350 g/mol. The fourth-order valence-corrected chi connectivity index (χ4v) is 2.79. The highest BCUT2D eigenvalue weighted by molar-refractivity contribution is 5.85. The van der Waals surface area contributed by atoms with Crippen LogP contribution in [0, 0.1) is 6.92 Å². The third kappa shape index (κ3) is 4.14. The number of likely N-dealkylation sites (N-methyl/N-ethyl adjacent to an activating group) is 1. The van der Waals surface area contributed by atoms with Crippen LogP contribution in [0.2, 0.25) is 0 Å². The zero-order chi connectivity index (χ0) is 18.0. The van der Waals surface area contributed by atoms with E-state index in [4.69, 9.17) is 4.52 Å². The van der Waals surface area contributed by atoms with E-state index < -0.39 is 0 Å². The molecular formula is C19H26ClN5O. The van der Waals surface area contributed by atoms with Crippen molar-refractivity contribution in [3.8, 4) is 17.1 Å². The highest BCUT2D eigenvalue weighted by atomic mass is 35.5. The van der Waals surface area contributed by atoms with Gasteiger partial charge < -0.3 is 9.84 Å². The molecule has 1 unspecified atom stereocenters. The maximum Gasteiger partial charge on any atom is 0.261 e. The molecule has 0 aliphatic carbocycles. The molecule has 0 radical (unpaired) electrons. The van der Waals surface area contributed by atoms with E-state index in [0.717, 1.165) is 23.4 Å². The smallest absolute Gasteiger partial charge is 0.261 e. The molecule has 1 atom stereocenters. The first-order valence-corrected chi connectivity index (χ1v) is 8.64. The summed E-state index contributed by atoms with van der Waals surface area (Å²) in [6.45, 7) is 8.45. The van der Waals surface area contributed by atoms with Gasteiger partial charge >= 0.3 is 0 Å². The lowest BCUT2D eigenvalue weighted by atomic mass is 10.1. The molecule has 3 aromatic rings. The molecule has 7 heteroatoms. The second-order valence-corrected chi connectivity index (χ2v) is 6.76. The van der Waals surface area contributed by atoms with Crippen LogP contribution >= 0.6 is 12.4 Å². The molecule has 0 amide bonds. The Bertz CT molecular complexity index is 838. The van der Waals surface area contributed by atoms with Crippen molar-refractivity contribution in [3.63, 3.8) is 0 Å². The van der Waals surface area contributed by atoms with Crippen molar-refractivity contribution in [2.75, 3.05) is 7.05 Å². The molecule has 1 N–H and O–H groups in total. The van der Waals surface area contributed by atoms with Crippen molar-refractivity contribution in [1.29, 1.82) is 0 Å². The average molecular weight is 376 g/mol. The molecule has 2 heterocycles. The lowest BCUT2D eigenvalue weighted by Crippen LogP contribution is -2.24. The molecule has 140 valence electrons. The van der Waals surface area contributed by atoms with E-state index in [1.54, 1.807) is 0 Å². The first-order valence-electron chi connectivity index (χ1n) is 8.64. The monoisotopic (exact) mass is 375 g/mol. The van der Waals surface area contributed by atoms with E-state index in [0.29, 0.717) is 17.8 Å². The van der Waals surface area contributed by atoms with Crippen LogP contribution < -0.4 is 5.32 Å². The molecule has 0 saturated heterocycles. The van der Waals surface area contributed by atoms with Crippen molar-refractivity contribution >= 4 is 12.4 Å². The third-order valence-corrected chi connectivity index (χ3v) is 4.31. The van der Waals surface area contributed by atoms with Gasteiger partial charge in [-0.15, -0.1) is 12.4 Å². The van der Waals surface area contributed by atoms with Gasteiger partial charge in [-0.3, -0.25) is 0 Å². The maximum atomic E-state index is 5.51. The molecule has 26 heavy (non-hydrogen) atoms. The van der Waals surface area contributed by atoms with Gasteiger partial charge in [-0.25, -0.2) is 4.68 Å². The Balaban J connectivity index is 0.00000243. The molecule has 0 saturated carbocycles.